The number of carbonyl (C=O) groups excluding carboxylic acids is 2. The number of aliphatic carboxylic acids is 1. The molecular formula is C29H41ClN2O7. The van der Waals surface area contributed by atoms with Gasteiger partial charge in [0.15, 0.2) is 5.60 Å². The highest BCUT2D eigenvalue weighted by atomic mass is 35.5. The van der Waals surface area contributed by atoms with Crippen LogP contribution in [-0.4, -0.2) is 59.6 Å². The first-order valence-corrected chi connectivity index (χ1v) is 13.6. The van der Waals surface area contributed by atoms with Gasteiger partial charge in [0.2, 0.25) is 0 Å². The molecule has 9 nitrogen and oxygen atoms in total. The quantitative estimate of drug-likeness (QED) is 0.211. The van der Waals surface area contributed by atoms with E-state index >= 15 is 0 Å². The number of allylic oxidation sites excluding steroid dienone is 1. The van der Waals surface area contributed by atoms with Crippen LogP contribution in [0.25, 0.3) is 0 Å². The van der Waals surface area contributed by atoms with E-state index < -0.39 is 29.1 Å². The van der Waals surface area contributed by atoms with Gasteiger partial charge in [0.05, 0.1) is 25.2 Å². The number of oxime groups is 1. The van der Waals surface area contributed by atoms with Gasteiger partial charge >= 0.3 is 17.9 Å². The summed E-state index contributed by atoms with van der Waals surface area (Å²) in [5, 5.41) is 17.1. The third kappa shape index (κ3) is 11.0. The molecule has 1 saturated heterocycles. The van der Waals surface area contributed by atoms with E-state index in [-0.39, 0.29) is 18.4 Å². The number of halogens is 1. The molecule has 0 amide bonds. The van der Waals surface area contributed by atoms with Crippen LogP contribution in [0.3, 0.4) is 0 Å². The molecule has 0 saturated carbocycles. The van der Waals surface area contributed by atoms with Gasteiger partial charge in [0.25, 0.3) is 0 Å². The van der Waals surface area contributed by atoms with E-state index in [4.69, 9.17) is 31.0 Å². The van der Waals surface area contributed by atoms with E-state index in [9.17, 15) is 14.4 Å². The van der Waals surface area contributed by atoms with Gasteiger partial charge in [-0.25, -0.2) is 0 Å². The number of benzene rings is 1. The Hall–Kier alpha value is -2.91. The molecule has 3 atom stereocenters. The number of hydrogen-bond donors (Lipinski definition) is 2. The van der Waals surface area contributed by atoms with Gasteiger partial charge in [-0.15, -0.1) is 6.58 Å². The van der Waals surface area contributed by atoms with E-state index in [1.165, 1.54) is 7.11 Å². The Balaban J connectivity index is 0.000000274. The van der Waals surface area contributed by atoms with Crippen molar-refractivity contribution in [3.8, 4) is 0 Å². The van der Waals surface area contributed by atoms with E-state index in [2.05, 4.69) is 17.1 Å². The number of nitrogens with one attached hydrogen (secondary N) is 1. The van der Waals surface area contributed by atoms with Crippen molar-refractivity contribution in [1.29, 1.82) is 0 Å². The monoisotopic (exact) mass is 564 g/mol. The molecule has 0 aliphatic carbocycles. The fourth-order valence-corrected chi connectivity index (χ4v) is 4.63. The normalized spacial score (nSPS) is 20.7. The summed E-state index contributed by atoms with van der Waals surface area (Å²) >= 11 is 5.99. The predicted molar refractivity (Wildman–Crippen MR) is 150 cm³/mol. The molecule has 2 heterocycles. The second-order valence-electron chi connectivity index (χ2n) is 10.9. The average molecular weight is 565 g/mol. The Morgan fingerprint density at radius 3 is 2.67 bits per heavy atom. The molecule has 1 aromatic rings. The molecule has 3 rings (SSSR count). The molecule has 39 heavy (non-hydrogen) atoms. The minimum atomic E-state index is -0.922. The molecule has 0 unspecified atom stereocenters. The lowest BCUT2D eigenvalue weighted by atomic mass is 9.92. The summed E-state index contributed by atoms with van der Waals surface area (Å²) in [6, 6.07) is 7.20. The van der Waals surface area contributed by atoms with Gasteiger partial charge in [0.1, 0.15) is 11.6 Å². The van der Waals surface area contributed by atoms with Gasteiger partial charge < -0.3 is 24.7 Å². The van der Waals surface area contributed by atoms with Crippen molar-refractivity contribution in [2.24, 2.45) is 11.1 Å². The summed E-state index contributed by atoms with van der Waals surface area (Å²) in [6.45, 7) is 9.54. The van der Waals surface area contributed by atoms with E-state index in [0.717, 1.165) is 37.0 Å². The number of unbranched alkanes of at least 4 members (excludes halogenated alkanes) is 3. The summed E-state index contributed by atoms with van der Waals surface area (Å²) in [5.74, 6) is -2.26. The smallest absolute Gasteiger partial charge is 0.323 e. The van der Waals surface area contributed by atoms with Crippen LogP contribution in [-0.2, 0) is 28.7 Å². The standard InChI is InChI=1S/C15H26O4.C14H15ClN2O3/c1-5-6-7-8-9-10-12(14(17)18)11-13(16)19-15(2,3)4;1-19-13(18)12-7-14(8-16-12)6-11(17-20-14)9-3-2-4-10(15)5-9/h5,12H,1,6-11H2,2-4H3,(H,17,18);2-5,12,16H,6-8H2,1H3/t12-;12-,14+/m10/s1. The highest BCUT2D eigenvalue weighted by Crippen LogP contribution is 2.35. The van der Waals surface area contributed by atoms with Crippen molar-refractivity contribution in [1.82, 2.24) is 5.32 Å². The average Bonchev–Trinajstić information content (AvgIpc) is 3.48. The van der Waals surface area contributed by atoms with Crippen molar-refractivity contribution in [3.63, 3.8) is 0 Å². The van der Waals surface area contributed by atoms with E-state index in [1.807, 2.05) is 30.3 Å². The second-order valence-corrected chi connectivity index (χ2v) is 11.3. The largest absolute Gasteiger partial charge is 0.481 e. The maximum Gasteiger partial charge on any atom is 0.323 e. The SMILES string of the molecule is C=CCCCCC[C@H](CC(=O)OC(C)(C)C)C(=O)O.COC(=O)[C@@H]1C[C@@]2(CN1)CC(c1cccc(Cl)c1)=NO2. The lowest BCUT2D eigenvalue weighted by molar-refractivity contribution is -0.160. The van der Waals surface area contributed by atoms with Crippen molar-refractivity contribution in [3.05, 3.63) is 47.5 Å². The summed E-state index contributed by atoms with van der Waals surface area (Å²) < 4.78 is 9.90. The zero-order valence-corrected chi connectivity index (χ0v) is 24.1. The van der Waals surface area contributed by atoms with Crippen LogP contribution in [0.5, 0.6) is 0 Å². The lowest BCUT2D eigenvalue weighted by Crippen LogP contribution is -2.31. The number of esters is 2. The Morgan fingerprint density at radius 2 is 2.05 bits per heavy atom. The van der Waals surface area contributed by atoms with Gasteiger partial charge in [-0.3, -0.25) is 14.4 Å². The highest BCUT2D eigenvalue weighted by molar-refractivity contribution is 6.31. The zero-order chi connectivity index (χ0) is 29.1. The molecule has 1 spiro atoms. The van der Waals surface area contributed by atoms with Crippen molar-refractivity contribution in [2.75, 3.05) is 13.7 Å². The number of hydrogen-bond acceptors (Lipinski definition) is 8. The van der Waals surface area contributed by atoms with Crippen LogP contribution < -0.4 is 5.32 Å². The minimum Gasteiger partial charge on any atom is -0.481 e. The Bertz CT molecular complexity index is 1040. The topological polar surface area (TPSA) is 124 Å². The lowest BCUT2D eigenvalue weighted by Gasteiger charge is -2.21. The Labute approximate surface area is 235 Å². The first-order chi connectivity index (χ1) is 18.4. The third-order valence-electron chi connectivity index (χ3n) is 6.37. The summed E-state index contributed by atoms with van der Waals surface area (Å²) in [7, 11) is 1.39. The van der Waals surface area contributed by atoms with Crippen LogP contribution >= 0.6 is 11.6 Å². The molecule has 2 aliphatic rings. The number of methoxy groups -OCH3 is 1. The van der Waals surface area contributed by atoms with Crippen LogP contribution in [0.2, 0.25) is 5.02 Å². The number of carboxylic acid groups (broad SMARTS) is 1. The van der Waals surface area contributed by atoms with Crippen molar-refractivity contribution in [2.45, 2.75) is 89.4 Å². The molecule has 0 radical (unpaired) electrons. The number of rotatable bonds is 11. The van der Waals surface area contributed by atoms with Gasteiger partial charge in [0, 0.05) is 30.0 Å². The van der Waals surface area contributed by atoms with Crippen LogP contribution in [0.1, 0.15) is 77.7 Å². The summed E-state index contributed by atoms with van der Waals surface area (Å²) in [6.07, 6.45) is 7.29. The fraction of sp³-hybridized carbons (Fsp3) is 0.586. The fourth-order valence-electron chi connectivity index (χ4n) is 4.44. The zero-order valence-electron chi connectivity index (χ0n) is 23.3. The minimum absolute atomic E-state index is 0.0476. The molecule has 0 aromatic heterocycles. The van der Waals surface area contributed by atoms with Crippen molar-refractivity contribution >= 4 is 35.2 Å². The molecular weight excluding hydrogens is 524 g/mol. The van der Waals surface area contributed by atoms with Crippen LogP contribution in [0.15, 0.2) is 42.1 Å². The molecule has 10 heteroatoms. The molecule has 1 aromatic carbocycles. The van der Waals surface area contributed by atoms with Crippen LogP contribution in [0.4, 0.5) is 0 Å². The molecule has 2 aliphatic heterocycles. The molecule has 0 bridgehead atoms. The Kier molecular flexibility index (Phi) is 12.4. The van der Waals surface area contributed by atoms with Gasteiger partial charge in [-0.05, 0) is 52.2 Å². The number of carbonyl (C=O) groups is 3. The van der Waals surface area contributed by atoms with E-state index in [1.54, 1.807) is 20.8 Å². The van der Waals surface area contributed by atoms with E-state index in [0.29, 0.717) is 30.8 Å². The Morgan fingerprint density at radius 1 is 1.31 bits per heavy atom. The second kappa shape index (κ2) is 15.0. The maximum atomic E-state index is 11.6. The first-order valence-electron chi connectivity index (χ1n) is 13.3. The number of nitrogens with zero attached hydrogens (tertiary/aromatic N) is 1. The predicted octanol–water partition coefficient (Wildman–Crippen LogP) is 5.29. The molecule has 2 N–H and O–H groups in total. The summed E-state index contributed by atoms with van der Waals surface area (Å²) in [4.78, 5) is 39.9. The van der Waals surface area contributed by atoms with Crippen molar-refractivity contribution < 1.29 is 33.8 Å². The number of ether oxygens (including phenoxy) is 2. The van der Waals surface area contributed by atoms with Gasteiger partial charge in [-0.2, -0.15) is 0 Å². The molecule has 216 valence electrons. The third-order valence-corrected chi connectivity index (χ3v) is 6.61. The highest BCUT2D eigenvalue weighted by Gasteiger charge is 2.48. The maximum absolute atomic E-state index is 11.6. The van der Waals surface area contributed by atoms with Crippen LogP contribution in [0, 0.1) is 5.92 Å². The molecule has 1 fully saturated rings. The summed E-state index contributed by atoms with van der Waals surface area (Å²) in [5.41, 5.74) is 0.802. The first kappa shape index (κ1) is 32.3. The van der Waals surface area contributed by atoms with Gasteiger partial charge in [-0.1, -0.05) is 47.8 Å². The number of carboxylic acids is 1.